The molecule has 37 heavy (non-hydrogen) atoms. The highest BCUT2D eigenvalue weighted by molar-refractivity contribution is 6.02. The van der Waals surface area contributed by atoms with Crippen molar-refractivity contribution in [2.75, 3.05) is 5.32 Å². The molecule has 0 saturated carbocycles. The Morgan fingerprint density at radius 1 is 1.30 bits per heavy atom. The highest BCUT2D eigenvalue weighted by Crippen LogP contribution is 2.34. The molecule has 0 fully saturated rings. The fourth-order valence-electron chi connectivity index (χ4n) is 4.07. The summed E-state index contributed by atoms with van der Waals surface area (Å²) in [6, 6.07) is 6.76. The van der Waals surface area contributed by atoms with Crippen molar-refractivity contribution in [2.24, 2.45) is 10.7 Å². The van der Waals surface area contributed by atoms with Crippen LogP contribution in [0.2, 0.25) is 0 Å². The minimum atomic E-state index is -1.41. The second-order valence-corrected chi connectivity index (χ2v) is 9.54. The number of aryl methyl sites for hydroxylation is 1. The summed E-state index contributed by atoms with van der Waals surface area (Å²) in [5.41, 5.74) is 4.29. The fourth-order valence-corrected chi connectivity index (χ4v) is 4.07. The standard InChI is InChI=1S/C25H30N6O6/c1-5-11-25(12-10-18-27-14-17(29-22(34)35)20(32)31(18)25)21(33)28-13-15-6-8-16(9-7-15)19(26)30-23(36)37-24(2,3)4/h5-9,14,29H,1,10-13H2,2-4H3,(H,28,33)(H,34,35)(H2,26,30,36). The summed E-state index contributed by atoms with van der Waals surface area (Å²) in [6.45, 7) is 9.04. The number of anilines is 1. The van der Waals surface area contributed by atoms with Gasteiger partial charge in [0, 0.05) is 18.5 Å². The number of amides is 3. The zero-order valence-corrected chi connectivity index (χ0v) is 20.9. The van der Waals surface area contributed by atoms with E-state index >= 15 is 0 Å². The van der Waals surface area contributed by atoms with Crippen LogP contribution in [0, 0.1) is 0 Å². The van der Waals surface area contributed by atoms with E-state index in [-0.39, 0.29) is 24.5 Å². The number of aromatic nitrogens is 2. The molecule has 0 bridgehead atoms. The Morgan fingerprint density at radius 3 is 2.57 bits per heavy atom. The lowest BCUT2D eigenvalue weighted by molar-refractivity contribution is -0.129. The van der Waals surface area contributed by atoms with Crippen molar-refractivity contribution in [3.05, 3.63) is 70.4 Å². The lowest BCUT2D eigenvalue weighted by atomic mass is 9.91. The largest absolute Gasteiger partial charge is 0.465 e. The number of fused-ring (bicyclic) bond motifs is 1. The van der Waals surface area contributed by atoms with Gasteiger partial charge in [-0.05, 0) is 39.2 Å². The number of nitrogens with two attached hydrogens (primary N) is 1. The predicted molar refractivity (Wildman–Crippen MR) is 137 cm³/mol. The highest BCUT2D eigenvalue weighted by atomic mass is 16.6. The molecular weight excluding hydrogens is 480 g/mol. The van der Waals surface area contributed by atoms with Crippen LogP contribution in [-0.2, 0) is 28.0 Å². The monoisotopic (exact) mass is 510 g/mol. The van der Waals surface area contributed by atoms with E-state index in [2.05, 4.69) is 21.9 Å². The summed E-state index contributed by atoms with van der Waals surface area (Å²) in [5.74, 6) is -0.0328. The first-order chi connectivity index (χ1) is 17.4. The summed E-state index contributed by atoms with van der Waals surface area (Å²) in [4.78, 5) is 57.3. The van der Waals surface area contributed by atoms with Crippen LogP contribution in [0.25, 0.3) is 0 Å². The van der Waals surface area contributed by atoms with E-state index in [1.165, 1.54) is 4.57 Å². The van der Waals surface area contributed by atoms with Gasteiger partial charge in [0.2, 0.25) is 5.91 Å². The summed E-state index contributed by atoms with van der Waals surface area (Å²) in [5, 5.41) is 13.9. The number of hydrogen-bond acceptors (Lipinski definition) is 6. The molecule has 0 radical (unpaired) electrons. The van der Waals surface area contributed by atoms with E-state index in [9.17, 15) is 19.2 Å². The first kappa shape index (κ1) is 27.1. The van der Waals surface area contributed by atoms with E-state index in [1.54, 1.807) is 51.1 Å². The number of amidine groups is 1. The molecule has 5 N–H and O–H groups in total. The molecule has 3 amide bonds. The molecule has 1 atom stereocenters. The van der Waals surface area contributed by atoms with Gasteiger partial charge in [0.1, 0.15) is 28.5 Å². The first-order valence-corrected chi connectivity index (χ1v) is 11.5. The molecule has 1 aliphatic heterocycles. The molecule has 196 valence electrons. The molecule has 1 aromatic heterocycles. The number of rotatable bonds is 7. The third kappa shape index (κ3) is 6.21. The number of aliphatic imine (C=N–C) groups is 1. The van der Waals surface area contributed by atoms with E-state index in [0.29, 0.717) is 24.2 Å². The second-order valence-electron chi connectivity index (χ2n) is 9.54. The van der Waals surface area contributed by atoms with E-state index in [4.69, 9.17) is 15.6 Å². The Balaban J connectivity index is 1.77. The van der Waals surface area contributed by atoms with Gasteiger partial charge >= 0.3 is 12.2 Å². The number of hydrogen-bond donors (Lipinski definition) is 4. The molecule has 12 heteroatoms. The van der Waals surface area contributed by atoms with Crippen molar-refractivity contribution in [1.82, 2.24) is 14.9 Å². The molecule has 0 aliphatic carbocycles. The van der Waals surface area contributed by atoms with Gasteiger partial charge in [0.15, 0.2) is 0 Å². The summed E-state index contributed by atoms with van der Waals surface area (Å²) < 4.78 is 6.39. The molecule has 2 heterocycles. The van der Waals surface area contributed by atoms with Crippen LogP contribution in [-0.4, -0.2) is 44.2 Å². The molecule has 0 saturated heterocycles. The lowest BCUT2D eigenvalue weighted by Crippen LogP contribution is -2.50. The van der Waals surface area contributed by atoms with Crippen LogP contribution in [0.3, 0.4) is 0 Å². The molecule has 1 aliphatic rings. The third-order valence-electron chi connectivity index (χ3n) is 5.68. The first-order valence-electron chi connectivity index (χ1n) is 11.5. The van der Waals surface area contributed by atoms with Gasteiger partial charge in [-0.2, -0.15) is 4.99 Å². The van der Waals surface area contributed by atoms with Crippen molar-refractivity contribution in [2.45, 2.75) is 57.7 Å². The van der Waals surface area contributed by atoms with Crippen LogP contribution >= 0.6 is 0 Å². The average Bonchev–Trinajstić information content (AvgIpc) is 3.18. The smallest absolute Gasteiger partial charge is 0.436 e. The topological polar surface area (TPSA) is 178 Å². The van der Waals surface area contributed by atoms with Crippen LogP contribution in [0.1, 0.15) is 50.6 Å². The van der Waals surface area contributed by atoms with Crippen molar-refractivity contribution in [3.63, 3.8) is 0 Å². The van der Waals surface area contributed by atoms with E-state index in [1.807, 2.05) is 5.32 Å². The zero-order valence-electron chi connectivity index (χ0n) is 20.9. The van der Waals surface area contributed by atoms with Crippen LogP contribution in [0.4, 0.5) is 15.3 Å². The van der Waals surface area contributed by atoms with E-state index < -0.39 is 34.8 Å². The van der Waals surface area contributed by atoms with Crippen molar-refractivity contribution in [3.8, 4) is 0 Å². The fraction of sp³-hybridized carbons (Fsp3) is 0.360. The minimum Gasteiger partial charge on any atom is -0.465 e. The second kappa shape index (κ2) is 10.6. The summed E-state index contributed by atoms with van der Waals surface area (Å²) >= 11 is 0. The molecule has 1 aromatic carbocycles. The Bertz CT molecular complexity index is 1310. The number of carbonyl (C=O) groups excluding carboxylic acids is 2. The SMILES string of the molecule is C=CCC1(C(=O)NCc2ccc(/C(N)=N/C(=O)OC(C)(C)C)cc2)CCc2ncc(NC(=O)O)c(=O)n21. The number of carboxylic acid groups (broad SMARTS) is 1. The van der Waals surface area contributed by atoms with Crippen LogP contribution < -0.4 is 21.9 Å². The Hall–Kier alpha value is -4.48. The van der Waals surface area contributed by atoms with Crippen molar-refractivity contribution in [1.29, 1.82) is 0 Å². The van der Waals surface area contributed by atoms with Crippen LogP contribution in [0.15, 0.2) is 52.9 Å². The zero-order chi connectivity index (χ0) is 27.4. The molecule has 1 unspecified atom stereocenters. The maximum atomic E-state index is 13.4. The van der Waals surface area contributed by atoms with Crippen molar-refractivity contribution < 1.29 is 24.2 Å². The number of benzene rings is 1. The van der Waals surface area contributed by atoms with Gasteiger partial charge in [-0.3, -0.25) is 19.5 Å². The maximum Gasteiger partial charge on any atom is 0.436 e. The highest BCUT2D eigenvalue weighted by Gasteiger charge is 2.46. The number of ether oxygens (including phenoxy) is 1. The minimum absolute atomic E-state index is 0.00464. The van der Waals surface area contributed by atoms with Gasteiger partial charge < -0.3 is 20.9 Å². The normalized spacial score (nSPS) is 17.0. The lowest BCUT2D eigenvalue weighted by Gasteiger charge is -2.29. The number of carbonyl (C=O) groups is 3. The van der Waals surface area contributed by atoms with Gasteiger partial charge in [0.05, 0.1) is 6.20 Å². The molecule has 0 spiro atoms. The Labute approximate surface area is 213 Å². The summed E-state index contributed by atoms with van der Waals surface area (Å²) in [7, 11) is 0. The predicted octanol–water partition coefficient (Wildman–Crippen LogP) is 2.51. The Kier molecular flexibility index (Phi) is 7.80. The third-order valence-corrected chi connectivity index (χ3v) is 5.68. The Morgan fingerprint density at radius 2 is 1.97 bits per heavy atom. The van der Waals surface area contributed by atoms with Gasteiger partial charge in [-0.25, -0.2) is 14.6 Å². The quantitative estimate of drug-likeness (QED) is 0.249. The van der Waals surface area contributed by atoms with Gasteiger partial charge in [0.25, 0.3) is 5.56 Å². The molecule has 2 aromatic rings. The van der Waals surface area contributed by atoms with Crippen molar-refractivity contribution >= 4 is 29.6 Å². The van der Waals surface area contributed by atoms with Gasteiger partial charge in [-0.15, -0.1) is 6.58 Å². The molecule has 12 nitrogen and oxygen atoms in total. The molecule has 3 rings (SSSR count). The maximum absolute atomic E-state index is 13.4. The number of nitrogens with one attached hydrogen (secondary N) is 2. The number of allylic oxidation sites excluding steroid dienone is 1. The average molecular weight is 511 g/mol. The van der Waals surface area contributed by atoms with Crippen LogP contribution in [0.5, 0.6) is 0 Å². The van der Waals surface area contributed by atoms with Gasteiger partial charge in [-0.1, -0.05) is 30.3 Å². The van der Waals surface area contributed by atoms with E-state index in [0.717, 1.165) is 11.8 Å². The molecular formula is C25H30N6O6. The summed E-state index contributed by atoms with van der Waals surface area (Å²) in [6.07, 6.45) is 1.33. The number of nitrogens with zero attached hydrogens (tertiary/aromatic N) is 3.